The fraction of sp³-hybridized carbons (Fsp3) is 0.933. The maximum Gasteiger partial charge on any atom is 0.327 e. The minimum absolute atomic E-state index is 0.208. The van der Waals surface area contributed by atoms with E-state index in [0.717, 1.165) is 25.9 Å². The number of rotatable bonds is 5. The summed E-state index contributed by atoms with van der Waals surface area (Å²) in [6, 6.07) is 0. The molecule has 1 heterocycles. The van der Waals surface area contributed by atoms with Gasteiger partial charge in [-0.25, -0.2) is 4.79 Å². The smallest absolute Gasteiger partial charge is 0.327 e. The van der Waals surface area contributed by atoms with E-state index in [0.29, 0.717) is 24.5 Å². The molecule has 1 aliphatic heterocycles. The van der Waals surface area contributed by atoms with E-state index < -0.39 is 5.54 Å². The molecule has 19 heavy (non-hydrogen) atoms. The highest BCUT2D eigenvalue weighted by Crippen LogP contribution is 2.40. The van der Waals surface area contributed by atoms with E-state index >= 15 is 0 Å². The predicted octanol–water partition coefficient (Wildman–Crippen LogP) is 1.78. The van der Waals surface area contributed by atoms with Gasteiger partial charge in [0.2, 0.25) is 0 Å². The Morgan fingerprint density at radius 2 is 2.16 bits per heavy atom. The van der Waals surface area contributed by atoms with Gasteiger partial charge in [0.1, 0.15) is 5.54 Å². The summed E-state index contributed by atoms with van der Waals surface area (Å²) >= 11 is 0. The quantitative estimate of drug-likeness (QED) is 0.772. The molecular weight excluding hydrogens is 240 g/mol. The second-order valence-corrected chi connectivity index (χ2v) is 7.01. The first-order chi connectivity index (χ1) is 8.87. The first kappa shape index (κ1) is 14.8. The molecule has 0 aromatic heterocycles. The Labute approximate surface area is 116 Å². The second-order valence-electron chi connectivity index (χ2n) is 7.01. The maximum absolute atomic E-state index is 12.2. The van der Waals surface area contributed by atoms with Gasteiger partial charge >= 0.3 is 5.97 Å². The van der Waals surface area contributed by atoms with Crippen molar-refractivity contribution in [3.05, 3.63) is 0 Å². The largest absolute Gasteiger partial charge is 0.465 e. The summed E-state index contributed by atoms with van der Waals surface area (Å²) < 4.78 is 5.21. The Bertz CT molecular complexity index is 339. The number of piperidine rings is 1. The standard InChI is InChI=1S/C15H28N2O2/c1-4-19-13(18)15(16,12-6-7-12)11-17-9-5-8-14(2,3)10-17/h12H,4-11,16H2,1-3H3. The summed E-state index contributed by atoms with van der Waals surface area (Å²) in [6.45, 7) is 9.56. The van der Waals surface area contributed by atoms with E-state index in [1.165, 1.54) is 12.8 Å². The number of nitrogens with zero attached hydrogens (tertiary/aromatic N) is 1. The zero-order valence-electron chi connectivity index (χ0n) is 12.6. The Kier molecular flexibility index (Phi) is 4.21. The van der Waals surface area contributed by atoms with E-state index in [9.17, 15) is 4.79 Å². The molecular formula is C15H28N2O2. The average Bonchev–Trinajstić information content (AvgIpc) is 3.11. The lowest BCUT2D eigenvalue weighted by molar-refractivity contribution is -0.151. The zero-order valence-corrected chi connectivity index (χ0v) is 12.6. The normalized spacial score (nSPS) is 26.7. The van der Waals surface area contributed by atoms with Gasteiger partial charge in [0.15, 0.2) is 0 Å². The van der Waals surface area contributed by atoms with Crippen molar-refractivity contribution in [3.63, 3.8) is 0 Å². The number of carbonyl (C=O) groups excluding carboxylic acids is 1. The van der Waals surface area contributed by atoms with Crippen LogP contribution in [-0.4, -0.2) is 42.6 Å². The molecule has 0 amide bonds. The molecule has 2 rings (SSSR count). The molecule has 2 N–H and O–H groups in total. The lowest BCUT2D eigenvalue weighted by atomic mass is 9.83. The minimum atomic E-state index is -0.788. The average molecular weight is 268 g/mol. The molecule has 2 fully saturated rings. The van der Waals surface area contributed by atoms with E-state index in [4.69, 9.17) is 10.5 Å². The monoisotopic (exact) mass is 268 g/mol. The zero-order chi connectivity index (χ0) is 14.1. The number of hydrogen-bond donors (Lipinski definition) is 1. The molecule has 4 heteroatoms. The van der Waals surface area contributed by atoms with Gasteiger partial charge in [-0.15, -0.1) is 0 Å². The van der Waals surface area contributed by atoms with Crippen molar-refractivity contribution in [1.29, 1.82) is 0 Å². The van der Waals surface area contributed by atoms with E-state index in [2.05, 4.69) is 18.7 Å². The third kappa shape index (κ3) is 3.48. The lowest BCUT2D eigenvalue weighted by Crippen LogP contribution is -2.60. The van der Waals surface area contributed by atoms with Crippen LogP contribution in [0.3, 0.4) is 0 Å². The number of esters is 1. The van der Waals surface area contributed by atoms with Crippen LogP contribution in [0.1, 0.15) is 46.5 Å². The van der Waals surface area contributed by atoms with Crippen molar-refractivity contribution in [2.24, 2.45) is 17.1 Å². The lowest BCUT2D eigenvalue weighted by Gasteiger charge is -2.41. The van der Waals surface area contributed by atoms with Crippen LogP contribution in [0.25, 0.3) is 0 Å². The molecule has 0 spiro atoms. The molecule has 0 radical (unpaired) electrons. The molecule has 0 aromatic rings. The summed E-state index contributed by atoms with van der Waals surface area (Å²) in [6.07, 6.45) is 4.57. The van der Waals surface area contributed by atoms with Crippen LogP contribution in [0.2, 0.25) is 0 Å². The number of hydrogen-bond acceptors (Lipinski definition) is 4. The summed E-state index contributed by atoms with van der Waals surface area (Å²) in [5, 5.41) is 0. The molecule has 4 nitrogen and oxygen atoms in total. The maximum atomic E-state index is 12.2. The van der Waals surface area contributed by atoms with Crippen LogP contribution in [-0.2, 0) is 9.53 Å². The van der Waals surface area contributed by atoms with Crippen molar-refractivity contribution in [3.8, 4) is 0 Å². The van der Waals surface area contributed by atoms with Crippen LogP contribution in [0.15, 0.2) is 0 Å². The topological polar surface area (TPSA) is 55.6 Å². The van der Waals surface area contributed by atoms with E-state index in [-0.39, 0.29) is 5.97 Å². The molecule has 1 saturated carbocycles. The van der Waals surface area contributed by atoms with Crippen molar-refractivity contribution in [2.45, 2.75) is 52.0 Å². The SMILES string of the molecule is CCOC(=O)C(N)(CN1CCCC(C)(C)C1)C1CC1. The summed E-state index contributed by atoms with van der Waals surface area (Å²) in [7, 11) is 0. The van der Waals surface area contributed by atoms with Crippen molar-refractivity contribution >= 4 is 5.97 Å². The first-order valence-electron chi connectivity index (χ1n) is 7.56. The van der Waals surface area contributed by atoms with Crippen molar-refractivity contribution in [1.82, 2.24) is 4.90 Å². The fourth-order valence-corrected chi connectivity index (χ4v) is 3.27. The Morgan fingerprint density at radius 3 is 2.68 bits per heavy atom. The molecule has 1 saturated heterocycles. The van der Waals surface area contributed by atoms with Gasteiger partial charge < -0.3 is 15.4 Å². The predicted molar refractivity (Wildman–Crippen MR) is 75.7 cm³/mol. The first-order valence-corrected chi connectivity index (χ1v) is 7.56. The number of likely N-dealkylation sites (tertiary alicyclic amines) is 1. The highest BCUT2D eigenvalue weighted by molar-refractivity contribution is 5.82. The highest BCUT2D eigenvalue weighted by atomic mass is 16.5. The Morgan fingerprint density at radius 1 is 1.47 bits per heavy atom. The van der Waals surface area contributed by atoms with Crippen molar-refractivity contribution < 1.29 is 9.53 Å². The number of ether oxygens (including phenoxy) is 1. The van der Waals surface area contributed by atoms with Gasteiger partial charge in [0.25, 0.3) is 0 Å². The molecule has 1 aliphatic carbocycles. The minimum Gasteiger partial charge on any atom is -0.465 e. The highest BCUT2D eigenvalue weighted by Gasteiger charge is 2.50. The molecule has 1 atom stereocenters. The van der Waals surface area contributed by atoms with Crippen LogP contribution in [0, 0.1) is 11.3 Å². The third-order valence-electron chi connectivity index (χ3n) is 4.43. The molecule has 110 valence electrons. The molecule has 2 aliphatic rings. The summed E-state index contributed by atoms with van der Waals surface area (Å²) in [5.74, 6) is 0.109. The molecule has 0 aromatic carbocycles. The number of carbonyl (C=O) groups is 1. The van der Waals surface area contributed by atoms with Crippen LogP contribution >= 0.6 is 0 Å². The Hall–Kier alpha value is -0.610. The van der Waals surface area contributed by atoms with Crippen LogP contribution < -0.4 is 5.73 Å². The van der Waals surface area contributed by atoms with E-state index in [1.54, 1.807) is 0 Å². The fourth-order valence-electron chi connectivity index (χ4n) is 3.27. The van der Waals surface area contributed by atoms with Gasteiger partial charge in [-0.3, -0.25) is 0 Å². The second kappa shape index (κ2) is 5.41. The van der Waals surface area contributed by atoms with Crippen LogP contribution in [0.4, 0.5) is 0 Å². The van der Waals surface area contributed by atoms with Gasteiger partial charge in [0.05, 0.1) is 6.61 Å². The van der Waals surface area contributed by atoms with Gasteiger partial charge in [-0.2, -0.15) is 0 Å². The van der Waals surface area contributed by atoms with Gasteiger partial charge in [-0.1, -0.05) is 13.8 Å². The van der Waals surface area contributed by atoms with Crippen LogP contribution in [0.5, 0.6) is 0 Å². The van der Waals surface area contributed by atoms with Gasteiger partial charge in [-0.05, 0) is 50.5 Å². The van der Waals surface area contributed by atoms with E-state index in [1.807, 2.05) is 6.92 Å². The Balaban J connectivity index is 2.02. The van der Waals surface area contributed by atoms with Crippen molar-refractivity contribution in [2.75, 3.05) is 26.2 Å². The summed E-state index contributed by atoms with van der Waals surface area (Å²) in [5.41, 5.74) is 5.98. The third-order valence-corrected chi connectivity index (χ3v) is 4.43. The molecule has 0 bridgehead atoms. The van der Waals surface area contributed by atoms with Gasteiger partial charge in [0, 0.05) is 13.1 Å². The number of nitrogens with two attached hydrogens (primary N) is 1. The summed E-state index contributed by atoms with van der Waals surface area (Å²) in [4.78, 5) is 14.6. The molecule has 1 unspecified atom stereocenters.